The number of rotatable bonds is 6. The van der Waals surface area contributed by atoms with E-state index >= 15 is 0 Å². The van der Waals surface area contributed by atoms with Crippen LogP contribution in [0.1, 0.15) is 11.6 Å². The lowest BCUT2D eigenvalue weighted by Gasteiger charge is -2.33. The van der Waals surface area contributed by atoms with Crippen molar-refractivity contribution < 1.29 is 18.7 Å². The van der Waals surface area contributed by atoms with E-state index in [1.165, 1.54) is 12.1 Å². The predicted octanol–water partition coefficient (Wildman–Crippen LogP) is 3.42. The van der Waals surface area contributed by atoms with Crippen molar-refractivity contribution in [1.82, 2.24) is 14.9 Å². The lowest BCUT2D eigenvalue weighted by molar-refractivity contribution is -0.123. The van der Waals surface area contributed by atoms with Gasteiger partial charge in [0.25, 0.3) is 0 Å². The molecule has 1 amide bonds. The van der Waals surface area contributed by atoms with Crippen LogP contribution >= 0.6 is 0 Å². The highest BCUT2D eigenvalue weighted by Gasteiger charge is 2.29. The van der Waals surface area contributed by atoms with Gasteiger partial charge in [-0.3, -0.25) is 9.69 Å². The van der Waals surface area contributed by atoms with E-state index in [0.29, 0.717) is 43.3 Å². The van der Waals surface area contributed by atoms with Crippen LogP contribution in [-0.4, -0.2) is 47.1 Å². The Hall–Kier alpha value is -3.36. The predicted molar refractivity (Wildman–Crippen MR) is 109 cm³/mol. The van der Waals surface area contributed by atoms with Crippen molar-refractivity contribution in [3.05, 3.63) is 78.4 Å². The average molecular weight is 408 g/mol. The van der Waals surface area contributed by atoms with Gasteiger partial charge in [0, 0.05) is 31.2 Å². The van der Waals surface area contributed by atoms with E-state index in [0.717, 1.165) is 0 Å². The van der Waals surface area contributed by atoms with Gasteiger partial charge in [0.1, 0.15) is 17.6 Å². The van der Waals surface area contributed by atoms with Gasteiger partial charge >= 0.3 is 6.01 Å². The first-order valence-corrected chi connectivity index (χ1v) is 9.62. The molecule has 0 aliphatic carbocycles. The van der Waals surface area contributed by atoms with Crippen molar-refractivity contribution in [2.75, 3.05) is 31.6 Å². The van der Waals surface area contributed by atoms with Crippen LogP contribution in [0.3, 0.4) is 0 Å². The largest absolute Gasteiger partial charge is 0.424 e. The first-order valence-electron chi connectivity index (χ1n) is 9.62. The number of hydrogen-bond acceptors (Lipinski definition) is 6. The fourth-order valence-electron chi connectivity index (χ4n) is 3.30. The number of hydrogen-bond donors (Lipinski definition) is 1. The van der Waals surface area contributed by atoms with Crippen LogP contribution in [0.25, 0.3) is 0 Å². The summed E-state index contributed by atoms with van der Waals surface area (Å²) in [4.78, 5) is 23.2. The zero-order valence-electron chi connectivity index (χ0n) is 16.2. The number of carbonyl (C=O) groups excluding carboxylic acids is 1. The Kier molecular flexibility index (Phi) is 6.26. The summed E-state index contributed by atoms with van der Waals surface area (Å²) in [6, 6.07) is 14.4. The SMILES string of the molecule is O=C(Nc1ccc(Oc2ncccn2)cc1)C(c1cccc(F)c1)N1CCOCC1. The van der Waals surface area contributed by atoms with Crippen molar-refractivity contribution in [3.8, 4) is 11.8 Å². The number of anilines is 1. The number of nitrogens with one attached hydrogen (secondary N) is 1. The van der Waals surface area contributed by atoms with E-state index < -0.39 is 6.04 Å². The fraction of sp³-hybridized carbons (Fsp3) is 0.227. The molecule has 1 saturated heterocycles. The summed E-state index contributed by atoms with van der Waals surface area (Å²) < 4.78 is 24.8. The minimum atomic E-state index is -0.613. The molecule has 4 rings (SSSR count). The van der Waals surface area contributed by atoms with E-state index in [4.69, 9.17) is 9.47 Å². The third-order valence-corrected chi connectivity index (χ3v) is 4.70. The molecule has 1 aromatic heterocycles. The van der Waals surface area contributed by atoms with Gasteiger partial charge in [0.15, 0.2) is 0 Å². The molecule has 8 heteroatoms. The topological polar surface area (TPSA) is 76.6 Å². The average Bonchev–Trinajstić information content (AvgIpc) is 2.77. The van der Waals surface area contributed by atoms with Gasteiger partial charge in [-0.2, -0.15) is 0 Å². The van der Waals surface area contributed by atoms with Gasteiger partial charge < -0.3 is 14.8 Å². The standard InChI is InChI=1S/C22H21FN4O3/c23-17-4-1-3-16(15-17)20(27-11-13-29-14-12-27)21(28)26-18-5-7-19(8-6-18)30-22-24-9-2-10-25-22/h1-10,15,20H,11-14H2,(H,26,28). The van der Waals surface area contributed by atoms with Crippen molar-refractivity contribution in [1.29, 1.82) is 0 Å². The molecule has 1 atom stereocenters. The quantitative estimate of drug-likeness (QED) is 0.674. The van der Waals surface area contributed by atoms with E-state index in [9.17, 15) is 9.18 Å². The van der Waals surface area contributed by atoms with Crippen LogP contribution in [0.5, 0.6) is 11.8 Å². The Morgan fingerprint density at radius 2 is 1.80 bits per heavy atom. The van der Waals surface area contributed by atoms with Crippen LogP contribution in [0.15, 0.2) is 67.0 Å². The minimum absolute atomic E-state index is 0.234. The molecule has 1 aliphatic heterocycles. The molecule has 0 spiro atoms. The molecule has 3 aromatic rings. The highest BCUT2D eigenvalue weighted by Crippen LogP contribution is 2.26. The second-order valence-electron chi connectivity index (χ2n) is 6.75. The molecule has 1 unspecified atom stereocenters. The molecular formula is C22H21FN4O3. The molecule has 7 nitrogen and oxygen atoms in total. The molecule has 0 saturated carbocycles. The summed E-state index contributed by atoms with van der Waals surface area (Å²) in [6.45, 7) is 2.26. The fourth-order valence-corrected chi connectivity index (χ4v) is 3.30. The van der Waals surface area contributed by atoms with Gasteiger partial charge in [-0.25, -0.2) is 14.4 Å². The van der Waals surface area contributed by atoms with E-state index in [2.05, 4.69) is 15.3 Å². The van der Waals surface area contributed by atoms with Crippen molar-refractivity contribution >= 4 is 11.6 Å². The molecule has 2 aromatic carbocycles. The number of morpholine rings is 1. The number of amides is 1. The zero-order valence-corrected chi connectivity index (χ0v) is 16.2. The molecule has 154 valence electrons. The smallest absolute Gasteiger partial charge is 0.321 e. The van der Waals surface area contributed by atoms with Crippen LogP contribution in [0.2, 0.25) is 0 Å². The highest BCUT2D eigenvalue weighted by atomic mass is 19.1. The maximum absolute atomic E-state index is 13.8. The van der Waals surface area contributed by atoms with Crippen LogP contribution in [0, 0.1) is 5.82 Å². The third kappa shape index (κ3) is 4.97. The summed E-state index contributed by atoms with van der Waals surface area (Å²) in [7, 11) is 0. The number of ether oxygens (including phenoxy) is 2. The number of halogens is 1. The Labute approximate surface area is 173 Å². The Balaban J connectivity index is 1.49. The third-order valence-electron chi connectivity index (χ3n) is 4.70. The molecule has 30 heavy (non-hydrogen) atoms. The van der Waals surface area contributed by atoms with Gasteiger partial charge in [0.05, 0.1) is 13.2 Å². The minimum Gasteiger partial charge on any atom is -0.424 e. The lowest BCUT2D eigenvalue weighted by atomic mass is 10.0. The number of benzene rings is 2. The zero-order chi connectivity index (χ0) is 20.8. The molecule has 2 heterocycles. The Morgan fingerprint density at radius 3 is 2.50 bits per heavy atom. The maximum Gasteiger partial charge on any atom is 0.321 e. The summed E-state index contributed by atoms with van der Waals surface area (Å²) >= 11 is 0. The molecule has 0 bridgehead atoms. The molecule has 1 N–H and O–H groups in total. The lowest BCUT2D eigenvalue weighted by Crippen LogP contribution is -2.43. The van der Waals surface area contributed by atoms with E-state index in [-0.39, 0.29) is 17.7 Å². The Bertz CT molecular complexity index is 979. The van der Waals surface area contributed by atoms with Crippen LogP contribution in [0.4, 0.5) is 10.1 Å². The number of carbonyl (C=O) groups is 1. The van der Waals surface area contributed by atoms with E-state index in [1.54, 1.807) is 54.9 Å². The molecule has 1 fully saturated rings. The number of nitrogens with zero attached hydrogens (tertiary/aromatic N) is 3. The van der Waals surface area contributed by atoms with Crippen LogP contribution < -0.4 is 10.1 Å². The first kappa shape index (κ1) is 19.9. The van der Waals surface area contributed by atoms with Gasteiger partial charge in [-0.1, -0.05) is 12.1 Å². The van der Waals surface area contributed by atoms with Crippen LogP contribution in [-0.2, 0) is 9.53 Å². The van der Waals surface area contributed by atoms with Crippen molar-refractivity contribution in [3.63, 3.8) is 0 Å². The summed E-state index contributed by atoms with van der Waals surface area (Å²) in [6.07, 6.45) is 3.18. The molecule has 1 aliphatic rings. The normalized spacial score (nSPS) is 15.4. The van der Waals surface area contributed by atoms with Gasteiger partial charge in [-0.05, 0) is 48.0 Å². The summed E-state index contributed by atoms with van der Waals surface area (Å²) in [5.74, 6) is -0.0557. The first-order chi connectivity index (χ1) is 14.7. The Morgan fingerprint density at radius 1 is 1.07 bits per heavy atom. The maximum atomic E-state index is 13.8. The second kappa shape index (κ2) is 9.43. The second-order valence-corrected chi connectivity index (χ2v) is 6.75. The number of aromatic nitrogens is 2. The highest BCUT2D eigenvalue weighted by molar-refractivity contribution is 5.95. The molecular weight excluding hydrogens is 387 g/mol. The van der Waals surface area contributed by atoms with Gasteiger partial charge in [-0.15, -0.1) is 0 Å². The van der Waals surface area contributed by atoms with Crippen molar-refractivity contribution in [2.24, 2.45) is 0 Å². The van der Waals surface area contributed by atoms with Crippen molar-refractivity contribution in [2.45, 2.75) is 6.04 Å². The summed E-state index contributed by atoms with van der Waals surface area (Å²) in [5, 5.41) is 2.92. The summed E-state index contributed by atoms with van der Waals surface area (Å²) in [5.41, 5.74) is 1.21. The molecule has 0 radical (unpaired) electrons. The monoisotopic (exact) mass is 408 g/mol. The van der Waals surface area contributed by atoms with E-state index in [1.807, 2.05) is 4.90 Å². The van der Waals surface area contributed by atoms with Gasteiger partial charge in [0.2, 0.25) is 5.91 Å².